The summed E-state index contributed by atoms with van der Waals surface area (Å²) < 4.78 is 28.1. The minimum Gasteiger partial charge on any atom is -0.508 e. The molecule has 0 aromatic heterocycles. The molecular formula is C52H62N9O17PS. The Bertz CT molecular complexity index is 3010. The summed E-state index contributed by atoms with van der Waals surface area (Å²) in [6.45, 7) is 2.37. The van der Waals surface area contributed by atoms with Crippen LogP contribution < -0.4 is 57.9 Å². The Morgan fingerprint density at radius 1 is 0.713 bits per heavy atom. The molecule has 6 rings (SSSR count). The van der Waals surface area contributed by atoms with Crippen LogP contribution in [-0.2, 0) is 54.9 Å². The van der Waals surface area contributed by atoms with Crippen LogP contribution in [-0.4, -0.2) is 121 Å². The van der Waals surface area contributed by atoms with E-state index in [4.69, 9.17) is 33.2 Å². The number of aliphatic hydroxyl groups excluding tert-OH is 1. The summed E-state index contributed by atoms with van der Waals surface area (Å²) in [6.07, 6.45) is 0.486. The van der Waals surface area contributed by atoms with Gasteiger partial charge >= 0.3 is 13.8 Å². The van der Waals surface area contributed by atoms with E-state index in [1.165, 1.54) is 48.5 Å². The fourth-order valence-electron chi connectivity index (χ4n) is 8.83. The molecule has 0 saturated carbocycles. The number of carbonyl (C=O) groups excluding carboxylic acids is 8. The van der Waals surface area contributed by atoms with Crippen LogP contribution in [0.1, 0.15) is 91.4 Å². The maximum Gasteiger partial charge on any atom is 0.524 e. The molecule has 4 aromatic carbocycles. The van der Waals surface area contributed by atoms with Gasteiger partial charge in [-0.2, -0.15) is 0 Å². The van der Waals surface area contributed by atoms with E-state index in [1.54, 1.807) is 44.2 Å². The number of phosphoric acid groups is 1. The minimum atomic E-state index is -4.91. The summed E-state index contributed by atoms with van der Waals surface area (Å²) in [6, 6.07) is 13.7. The number of benzene rings is 4. The van der Waals surface area contributed by atoms with E-state index >= 15 is 0 Å². The van der Waals surface area contributed by atoms with Crippen molar-refractivity contribution in [1.82, 2.24) is 31.9 Å². The molecule has 80 heavy (non-hydrogen) atoms. The molecular weight excluding hydrogens is 1090 g/mol. The Morgan fingerprint density at radius 3 is 1.93 bits per heavy atom. The van der Waals surface area contributed by atoms with Crippen LogP contribution >= 0.6 is 20.0 Å². The van der Waals surface area contributed by atoms with Crippen LogP contribution in [0.2, 0.25) is 0 Å². The highest BCUT2D eigenvalue weighted by atomic mass is 32.1. The normalized spacial score (nSPS) is 14.2. The lowest BCUT2D eigenvalue weighted by molar-refractivity contribution is -0.134. The fourth-order valence-corrected chi connectivity index (χ4v) is 9.44. The Balaban J connectivity index is 1.04. The molecule has 2 aliphatic heterocycles. The number of rotatable bonds is 27. The van der Waals surface area contributed by atoms with E-state index in [2.05, 4.69) is 41.7 Å². The van der Waals surface area contributed by atoms with Crippen molar-refractivity contribution in [3.8, 4) is 28.7 Å². The monoisotopic (exact) mass is 1150 g/mol. The number of phenolic OH excluding ortho intramolecular Hbond substituents is 2. The van der Waals surface area contributed by atoms with Crippen molar-refractivity contribution in [1.29, 1.82) is 0 Å². The minimum absolute atomic E-state index is 0.0582. The Labute approximate surface area is 463 Å². The van der Waals surface area contributed by atoms with Gasteiger partial charge in [-0.1, -0.05) is 38.5 Å². The number of amides is 7. The van der Waals surface area contributed by atoms with Crippen molar-refractivity contribution in [3.63, 3.8) is 0 Å². The molecule has 428 valence electrons. The average Bonchev–Trinajstić information content (AvgIpc) is 3.83. The third kappa shape index (κ3) is 16.4. The number of carbonyl (C=O) groups is 8. The number of nitrogens with one attached hydrogen (secondary N) is 7. The van der Waals surface area contributed by atoms with Gasteiger partial charge in [-0.25, -0.2) is 9.36 Å². The maximum absolute atomic E-state index is 14.0. The molecule has 1 spiro atoms. The lowest BCUT2D eigenvalue weighted by Gasteiger charge is -2.36. The number of fused-ring (bicyclic) bond motifs is 6. The van der Waals surface area contributed by atoms with Gasteiger partial charge in [0.05, 0.1) is 18.7 Å². The summed E-state index contributed by atoms with van der Waals surface area (Å²) in [4.78, 5) is 122. The first-order valence-corrected chi connectivity index (χ1v) is 27.1. The van der Waals surface area contributed by atoms with E-state index in [9.17, 15) is 68.0 Å². The Hall–Kier alpha value is -8.36. The summed E-state index contributed by atoms with van der Waals surface area (Å²) in [5, 5.41) is 48.5. The summed E-state index contributed by atoms with van der Waals surface area (Å²) in [5.41, 5.74) is 11.7. The summed E-state index contributed by atoms with van der Waals surface area (Å²) in [7, 11) is -4.91. The molecule has 4 atom stereocenters. The Morgan fingerprint density at radius 2 is 1.32 bits per heavy atom. The second-order valence-electron chi connectivity index (χ2n) is 19.2. The molecule has 7 amide bonds. The van der Waals surface area contributed by atoms with Gasteiger partial charge in [0.25, 0.3) is 0 Å². The molecule has 0 radical (unpaired) electrons. The molecule has 0 unspecified atom stereocenters. The molecule has 0 bridgehead atoms. The van der Waals surface area contributed by atoms with Gasteiger partial charge in [0, 0.05) is 60.3 Å². The zero-order valence-corrected chi connectivity index (χ0v) is 45.0. The van der Waals surface area contributed by atoms with E-state index in [0.29, 0.717) is 53.7 Å². The molecule has 0 saturated heterocycles. The number of unbranched alkanes of at least 4 members (excludes halogenated alkanes) is 2. The highest BCUT2D eigenvalue weighted by Gasteiger charge is 2.54. The molecule has 2 heterocycles. The topological polar surface area (TPSA) is 419 Å². The molecule has 0 aliphatic carbocycles. The largest absolute Gasteiger partial charge is 0.524 e. The highest BCUT2D eigenvalue weighted by molar-refractivity contribution is 7.80. The second kappa shape index (κ2) is 27.0. The number of thiocarbonyl (C=S) groups is 1. The van der Waals surface area contributed by atoms with Crippen LogP contribution in [0.3, 0.4) is 0 Å². The first-order chi connectivity index (χ1) is 37.8. The number of primary amides is 2. The SMILES string of the molecule is CC(C)C[C@H](NC(=O)CNC(=O)[C@H](CCC(N)=O)NC(=O)[C@H](Cc1ccc(OP(=O)(O)O)cc1)NC(=O)CCCCCNC(=S)Nc1ccc2c(c1)C(=O)OC21c2ccc(O)cc2Oc2cc(O)ccc21)C(=O)N[C@@H](CO)C(N)=O. The molecule has 4 aromatic rings. The predicted molar refractivity (Wildman–Crippen MR) is 288 cm³/mol. The second-order valence-corrected chi connectivity index (χ2v) is 20.8. The third-order valence-electron chi connectivity index (χ3n) is 12.6. The van der Waals surface area contributed by atoms with Crippen LogP contribution in [0.5, 0.6) is 28.7 Å². The Kier molecular flexibility index (Phi) is 20.5. The number of phenols is 2. The van der Waals surface area contributed by atoms with Crippen molar-refractivity contribution in [2.75, 3.05) is 25.0 Å². The first kappa shape index (κ1) is 60.9. The van der Waals surface area contributed by atoms with Crippen LogP contribution in [0.15, 0.2) is 78.9 Å². The van der Waals surface area contributed by atoms with E-state index in [-0.39, 0.29) is 71.0 Å². The lowest BCUT2D eigenvalue weighted by Crippen LogP contribution is -2.57. The van der Waals surface area contributed by atoms with Crippen molar-refractivity contribution in [2.45, 2.75) is 95.0 Å². The molecule has 28 heteroatoms. The number of ether oxygens (including phenoxy) is 2. The van der Waals surface area contributed by atoms with Crippen LogP contribution in [0.4, 0.5) is 5.69 Å². The number of hydrogen-bond donors (Lipinski definition) is 14. The highest BCUT2D eigenvalue weighted by Crippen LogP contribution is 2.57. The molecule has 0 fully saturated rings. The number of aromatic hydroxyl groups is 2. The fraction of sp³-hybridized carbons (Fsp3) is 0.365. The van der Waals surface area contributed by atoms with Gasteiger partial charge in [-0.3, -0.25) is 43.3 Å². The van der Waals surface area contributed by atoms with Crippen molar-refractivity contribution in [2.24, 2.45) is 17.4 Å². The number of nitrogens with two attached hydrogens (primary N) is 2. The van der Waals surface area contributed by atoms with E-state index < -0.39 is 104 Å². The third-order valence-corrected chi connectivity index (χ3v) is 13.3. The van der Waals surface area contributed by atoms with Crippen molar-refractivity contribution < 1.29 is 82.0 Å². The van der Waals surface area contributed by atoms with Gasteiger partial charge in [-0.05, 0) is 97.9 Å². The number of anilines is 1. The number of hydrogen-bond acceptors (Lipinski definition) is 16. The number of phosphoric ester groups is 1. The smallest absolute Gasteiger partial charge is 0.508 e. The van der Waals surface area contributed by atoms with Gasteiger partial charge in [-0.15, -0.1) is 0 Å². The van der Waals surface area contributed by atoms with Crippen LogP contribution in [0.25, 0.3) is 0 Å². The van der Waals surface area contributed by atoms with E-state index in [0.717, 1.165) is 0 Å². The number of aliphatic hydroxyl groups is 1. The summed E-state index contributed by atoms with van der Waals surface area (Å²) in [5.74, 6) is -6.55. The number of esters is 1. The van der Waals surface area contributed by atoms with Gasteiger partial charge in [0.15, 0.2) is 10.7 Å². The maximum atomic E-state index is 14.0. The van der Waals surface area contributed by atoms with Crippen molar-refractivity contribution >= 4 is 78.2 Å². The molecule has 26 nitrogen and oxygen atoms in total. The zero-order valence-electron chi connectivity index (χ0n) is 43.3. The lowest BCUT2D eigenvalue weighted by atomic mass is 9.77. The standard InChI is InChI=1S/C52H62N9O17PS/c1-27(2)20-38(48(70)61-40(26-62)46(54)68)59-45(67)25-56-47(69)37(17-18-43(53)65)60-49(71)39(21-28-7-12-32(13-8-28)78-79(73,74)75)58-44(66)6-4-3-5-19-55-51(80)57-29-9-14-34-33(22-29)50(72)77-52(34)35-15-10-30(63)23-41(35)76-42-24-31(64)11-16-36(42)52/h7-16,22-24,27,37-40,62-64H,3-6,17-21,25-26H2,1-2H3,(H2,53,65)(H2,54,68)(H,56,69)(H,58,66)(H,59,67)(H,60,71)(H,61,70)(H2,55,57,80)(H2,73,74,75)/t37-,38-,39-,40-/m0/s1. The van der Waals surface area contributed by atoms with Gasteiger partial charge < -0.3 is 78.0 Å². The van der Waals surface area contributed by atoms with Gasteiger partial charge in [0.1, 0.15) is 52.9 Å². The predicted octanol–water partition coefficient (Wildman–Crippen LogP) is 1.07. The molecule has 16 N–H and O–H groups in total. The van der Waals surface area contributed by atoms with Crippen LogP contribution in [0, 0.1) is 5.92 Å². The van der Waals surface area contributed by atoms with E-state index in [1.807, 2.05) is 0 Å². The first-order valence-electron chi connectivity index (χ1n) is 25.1. The molecule has 2 aliphatic rings. The average molecular weight is 1150 g/mol. The van der Waals surface area contributed by atoms with Crippen molar-refractivity contribution in [3.05, 3.63) is 107 Å². The zero-order chi connectivity index (χ0) is 58.5. The van der Waals surface area contributed by atoms with Gasteiger partial charge in [0.2, 0.25) is 41.4 Å². The quantitative estimate of drug-likeness (QED) is 0.0172. The summed E-state index contributed by atoms with van der Waals surface area (Å²) >= 11 is 5.53.